The van der Waals surface area contributed by atoms with E-state index in [1.54, 1.807) is 0 Å². The molecule has 0 radical (unpaired) electrons. The third-order valence-electron chi connectivity index (χ3n) is 7.40. The van der Waals surface area contributed by atoms with Crippen molar-refractivity contribution in [1.29, 1.82) is 0 Å². The molecule has 4 rings (SSSR count). The number of nitrogens with zero attached hydrogens (tertiary/aromatic N) is 3. The fraction of sp³-hybridized carbons (Fsp3) is 0.452. The third kappa shape index (κ3) is 8.55. The van der Waals surface area contributed by atoms with Crippen molar-refractivity contribution in [1.82, 2.24) is 5.32 Å². The van der Waals surface area contributed by atoms with Gasteiger partial charge in [0.25, 0.3) is 0 Å². The van der Waals surface area contributed by atoms with Crippen LogP contribution in [-0.2, 0) is 52.3 Å². The van der Waals surface area contributed by atoms with E-state index >= 15 is 0 Å². The van der Waals surface area contributed by atoms with Gasteiger partial charge in [-0.05, 0) is 27.8 Å². The molecule has 2 aromatic rings. The van der Waals surface area contributed by atoms with E-state index < -0.39 is 79.9 Å². The summed E-state index contributed by atoms with van der Waals surface area (Å²) in [5.41, 5.74) is 13.3. The number of ether oxygens (including phenoxy) is 7. The summed E-state index contributed by atoms with van der Waals surface area (Å²) >= 11 is 0. The van der Waals surface area contributed by atoms with Crippen LogP contribution in [0.2, 0.25) is 0 Å². The van der Waals surface area contributed by atoms with Crippen LogP contribution in [0.5, 0.6) is 0 Å². The predicted octanol–water partition coefficient (Wildman–Crippen LogP) is 2.91. The molecule has 1 amide bonds. The standard InChI is InChI=1S/C31H34N4O12/c1-16(36)42-15-25-27(45-17(2)37)28(46-18(3)38)26(34-35-32)30(47-25)43-14-24(29(39)41-4)33-31(40)44-13-23-21-11-7-5-9-19(21)20-10-6-8-12-22(20)23/h5-12,23-28,30H,13-15H2,1-4H3,(H,33,40)/t24-,25+,26+,27-,28+,30-/m0/s1. The Morgan fingerprint density at radius 1 is 0.872 bits per heavy atom. The maximum Gasteiger partial charge on any atom is 0.407 e. The number of hydrogen-bond acceptors (Lipinski definition) is 13. The topological polar surface area (TPSA) is 211 Å². The monoisotopic (exact) mass is 654 g/mol. The van der Waals surface area contributed by atoms with E-state index in [4.69, 9.17) is 33.2 Å². The summed E-state index contributed by atoms with van der Waals surface area (Å²) < 4.78 is 37.7. The van der Waals surface area contributed by atoms with Crippen molar-refractivity contribution >= 4 is 30.0 Å². The molecule has 1 aliphatic carbocycles. The number of azide groups is 1. The molecular weight excluding hydrogens is 620 g/mol. The molecular formula is C31H34N4O12. The number of carbonyl (C=O) groups is 5. The van der Waals surface area contributed by atoms with E-state index in [1.807, 2.05) is 48.5 Å². The average Bonchev–Trinajstić information content (AvgIpc) is 3.36. The smallest absolute Gasteiger partial charge is 0.407 e. The molecule has 1 N–H and O–H groups in total. The number of esters is 4. The summed E-state index contributed by atoms with van der Waals surface area (Å²) in [7, 11) is 1.10. The molecule has 1 fully saturated rings. The van der Waals surface area contributed by atoms with Gasteiger partial charge in [-0.15, -0.1) is 0 Å². The Balaban J connectivity index is 1.49. The average molecular weight is 655 g/mol. The van der Waals surface area contributed by atoms with Crippen LogP contribution < -0.4 is 5.32 Å². The summed E-state index contributed by atoms with van der Waals surface area (Å²) in [6.45, 7) is 2.22. The zero-order chi connectivity index (χ0) is 34.1. The van der Waals surface area contributed by atoms with Crippen molar-refractivity contribution in [3.05, 3.63) is 70.1 Å². The molecule has 0 unspecified atom stereocenters. The Hall–Kier alpha value is -5.18. The normalized spacial score (nSPS) is 21.9. The van der Waals surface area contributed by atoms with Gasteiger partial charge in [-0.2, -0.15) is 0 Å². The van der Waals surface area contributed by atoms with E-state index in [0.29, 0.717) is 0 Å². The van der Waals surface area contributed by atoms with Gasteiger partial charge >= 0.3 is 30.0 Å². The molecule has 2 aliphatic rings. The molecule has 1 saturated heterocycles. The minimum Gasteiger partial charge on any atom is -0.467 e. The molecule has 0 saturated carbocycles. The maximum atomic E-state index is 12.9. The Labute approximate surface area is 269 Å². The number of hydrogen-bond donors (Lipinski definition) is 1. The number of alkyl carbamates (subject to hydrolysis) is 1. The van der Waals surface area contributed by atoms with Crippen molar-refractivity contribution < 1.29 is 57.1 Å². The van der Waals surface area contributed by atoms with Gasteiger partial charge < -0.3 is 38.5 Å². The zero-order valence-corrected chi connectivity index (χ0v) is 26.0. The quantitative estimate of drug-likeness (QED) is 0.115. The minimum absolute atomic E-state index is 0.0290. The number of rotatable bonds is 12. The number of carbonyl (C=O) groups excluding carboxylic acids is 5. The van der Waals surface area contributed by atoms with E-state index in [-0.39, 0.29) is 12.5 Å². The minimum atomic E-state index is -1.54. The van der Waals surface area contributed by atoms with Crippen LogP contribution in [0.15, 0.2) is 53.6 Å². The van der Waals surface area contributed by atoms with Crippen LogP contribution in [0.3, 0.4) is 0 Å². The van der Waals surface area contributed by atoms with Crippen molar-refractivity contribution in [2.45, 2.75) is 63.4 Å². The highest BCUT2D eigenvalue weighted by Crippen LogP contribution is 2.44. The molecule has 0 spiro atoms. The highest BCUT2D eigenvalue weighted by molar-refractivity contribution is 5.82. The number of nitrogens with one attached hydrogen (secondary N) is 1. The van der Waals surface area contributed by atoms with Crippen LogP contribution >= 0.6 is 0 Å². The van der Waals surface area contributed by atoms with Gasteiger partial charge in [-0.25, -0.2) is 9.59 Å². The van der Waals surface area contributed by atoms with Gasteiger partial charge in [0.05, 0.1) is 13.7 Å². The van der Waals surface area contributed by atoms with Crippen LogP contribution in [0.4, 0.5) is 4.79 Å². The Bertz CT molecular complexity index is 1500. The van der Waals surface area contributed by atoms with Crippen molar-refractivity contribution in [3.63, 3.8) is 0 Å². The molecule has 1 aliphatic heterocycles. The number of fused-ring (bicyclic) bond motifs is 3. The molecule has 16 heteroatoms. The van der Waals surface area contributed by atoms with Crippen LogP contribution in [0, 0.1) is 0 Å². The van der Waals surface area contributed by atoms with E-state index in [0.717, 1.165) is 50.1 Å². The highest BCUT2D eigenvalue weighted by Gasteiger charge is 2.51. The Morgan fingerprint density at radius 2 is 1.47 bits per heavy atom. The lowest BCUT2D eigenvalue weighted by Crippen LogP contribution is -2.61. The van der Waals surface area contributed by atoms with Gasteiger partial charge in [-0.1, -0.05) is 53.6 Å². The van der Waals surface area contributed by atoms with E-state index in [2.05, 4.69) is 15.3 Å². The second-order valence-electron chi connectivity index (χ2n) is 10.6. The lowest BCUT2D eigenvalue weighted by Gasteiger charge is -2.43. The van der Waals surface area contributed by atoms with Crippen molar-refractivity contribution in [2.24, 2.45) is 5.11 Å². The molecule has 2 aromatic carbocycles. The molecule has 47 heavy (non-hydrogen) atoms. The van der Waals surface area contributed by atoms with Gasteiger partial charge in [0.2, 0.25) is 0 Å². The second kappa shape index (κ2) is 15.9. The van der Waals surface area contributed by atoms with Gasteiger partial charge in [0.1, 0.15) is 25.4 Å². The fourth-order valence-corrected chi connectivity index (χ4v) is 5.49. The zero-order valence-electron chi connectivity index (χ0n) is 26.0. The first-order chi connectivity index (χ1) is 22.5. The number of methoxy groups -OCH3 is 1. The summed E-state index contributed by atoms with van der Waals surface area (Å²) in [5.74, 6) is -3.44. The predicted molar refractivity (Wildman–Crippen MR) is 159 cm³/mol. The summed E-state index contributed by atoms with van der Waals surface area (Å²) in [6, 6.07) is 12.7. The van der Waals surface area contributed by atoms with Gasteiger partial charge in [-0.3, -0.25) is 14.4 Å². The van der Waals surface area contributed by atoms with Crippen molar-refractivity contribution in [3.8, 4) is 11.1 Å². The second-order valence-corrected chi connectivity index (χ2v) is 10.6. The third-order valence-corrected chi connectivity index (χ3v) is 7.40. The van der Waals surface area contributed by atoms with Crippen molar-refractivity contribution in [2.75, 3.05) is 26.9 Å². The van der Waals surface area contributed by atoms with Gasteiger partial charge in [0, 0.05) is 31.6 Å². The first-order valence-electron chi connectivity index (χ1n) is 14.5. The molecule has 0 bridgehead atoms. The molecule has 1 heterocycles. The maximum absolute atomic E-state index is 12.9. The number of amides is 1. The lowest BCUT2D eigenvalue weighted by atomic mass is 9.96. The Morgan fingerprint density at radius 3 is 2.02 bits per heavy atom. The van der Waals surface area contributed by atoms with Crippen LogP contribution in [0.25, 0.3) is 21.6 Å². The molecule has 250 valence electrons. The lowest BCUT2D eigenvalue weighted by molar-refractivity contribution is -0.274. The number of benzene rings is 2. The van der Waals surface area contributed by atoms with E-state index in [1.165, 1.54) is 0 Å². The Kier molecular flexibility index (Phi) is 11.7. The first kappa shape index (κ1) is 34.7. The summed E-state index contributed by atoms with van der Waals surface area (Å²) in [6.07, 6.45) is -6.56. The summed E-state index contributed by atoms with van der Waals surface area (Å²) in [5, 5.41) is 6.04. The fourth-order valence-electron chi connectivity index (χ4n) is 5.49. The van der Waals surface area contributed by atoms with Crippen LogP contribution in [-0.4, -0.2) is 93.6 Å². The largest absolute Gasteiger partial charge is 0.467 e. The molecule has 6 atom stereocenters. The van der Waals surface area contributed by atoms with E-state index in [9.17, 15) is 29.5 Å². The van der Waals surface area contributed by atoms with Crippen LogP contribution in [0.1, 0.15) is 37.8 Å². The van der Waals surface area contributed by atoms with Gasteiger partial charge in [0.15, 0.2) is 24.5 Å². The summed E-state index contributed by atoms with van der Waals surface area (Å²) in [4.78, 5) is 63.8. The molecule has 16 nitrogen and oxygen atoms in total. The first-order valence-corrected chi connectivity index (χ1v) is 14.5. The highest BCUT2D eigenvalue weighted by atomic mass is 16.7. The molecule has 0 aromatic heterocycles. The SMILES string of the molecule is COC(=O)[C@H](CO[C@H]1O[C@H](COC(C)=O)[C@H](OC(C)=O)[C@H](OC(C)=O)[C@H]1N=[N+]=[N-])NC(=O)OCC1c2ccccc2-c2ccccc21.